The van der Waals surface area contributed by atoms with Gasteiger partial charge in [0, 0.05) is 41.9 Å². The van der Waals surface area contributed by atoms with Crippen molar-refractivity contribution in [3.63, 3.8) is 0 Å². The summed E-state index contributed by atoms with van der Waals surface area (Å²) in [6.07, 6.45) is -3.90. The second-order valence-corrected chi connectivity index (χ2v) is 8.74. The molecule has 2 N–H and O–H groups in total. The van der Waals surface area contributed by atoms with Crippen molar-refractivity contribution >= 4 is 23.5 Å². The number of carbonyl (C=O) groups is 2. The SMILES string of the molecule is COc1cccc(C)c1CNC(=O)c1cc(-c2cnc(C(F)(F)F)cc2C#N)c(Cl)cc1OCCCC(=O)O. The molecule has 0 bridgehead atoms. The Kier molecular flexibility index (Phi) is 9.37. The highest BCUT2D eigenvalue weighted by atomic mass is 35.5. The fourth-order valence-corrected chi connectivity index (χ4v) is 3.99. The van der Waals surface area contributed by atoms with Crippen molar-refractivity contribution in [2.45, 2.75) is 32.5 Å². The number of alkyl halides is 3. The van der Waals surface area contributed by atoms with Gasteiger partial charge >= 0.3 is 12.1 Å². The molecule has 0 saturated carbocycles. The first-order chi connectivity index (χ1) is 18.5. The van der Waals surface area contributed by atoms with Gasteiger partial charge < -0.3 is 19.9 Å². The third-order valence-corrected chi connectivity index (χ3v) is 6.04. The summed E-state index contributed by atoms with van der Waals surface area (Å²) in [5, 5.41) is 21.1. The fourth-order valence-electron chi connectivity index (χ4n) is 3.74. The van der Waals surface area contributed by atoms with Crippen LogP contribution in [0.3, 0.4) is 0 Å². The van der Waals surface area contributed by atoms with E-state index in [2.05, 4.69) is 10.3 Å². The number of carboxylic acids is 1. The number of hydrogen-bond acceptors (Lipinski definition) is 6. The van der Waals surface area contributed by atoms with Crippen molar-refractivity contribution in [3.05, 3.63) is 75.6 Å². The predicted octanol–water partition coefficient (Wildman–Crippen LogP) is 5.78. The fraction of sp³-hybridized carbons (Fsp3) is 0.259. The van der Waals surface area contributed by atoms with Crippen LogP contribution in [0.15, 0.2) is 42.6 Å². The van der Waals surface area contributed by atoms with Gasteiger partial charge in [0.15, 0.2) is 0 Å². The summed E-state index contributed by atoms with van der Waals surface area (Å²) in [7, 11) is 1.50. The first-order valence-electron chi connectivity index (χ1n) is 11.5. The lowest BCUT2D eigenvalue weighted by atomic mass is 9.98. The van der Waals surface area contributed by atoms with E-state index in [4.69, 9.17) is 26.2 Å². The number of nitriles is 1. The van der Waals surface area contributed by atoms with Crippen LogP contribution in [0.2, 0.25) is 5.02 Å². The van der Waals surface area contributed by atoms with Gasteiger partial charge in [-0.3, -0.25) is 14.6 Å². The highest BCUT2D eigenvalue weighted by molar-refractivity contribution is 6.33. The lowest BCUT2D eigenvalue weighted by Gasteiger charge is -2.17. The number of aromatic nitrogens is 1. The summed E-state index contributed by atoms with van der Waals surface area (Å²) < 4.78 is 50.4. The van der Waals surface area contributed by atoms with Crippen molar-refractivity contribution in [2.24, 2.45) is 0 Å². The van der Waals surface area contributed by atoms with Crippen LogP contribution in [0, 0.1) is 18.3 Å². The third kappa shape index (κ3) is 7.18. The van der Waals surface area contributed by atoms with Crippen LogP contribution in [0.1, 0.15) is 45.6 Å². The number of methoxy groups -OCH3 is 1. The van der Waals surface area contributed by atoms with Crippen molar-refractivity contribution in [3.8, 4) is 28.7 Å². The maximum Gasteiger partial charge on any atom is 0.433 e. The van der Waals surface area contributed by atoms with Crippen molar-refractivity contribution in [1.29, 1.82) is 5.26 Å². The van der Waals surface area contributed by atoms with E-state index in [-0.39, 0.29) is 59.0 Å². The Balaban J connectivity index is 2.03. The number of ether oxygens (including phenoxy) is 2. The van der Waals surface area contributed by atoms with Crippen LogP contribution in [0.4, 0.5) is 13.2 Å². The molecular weight excluding hydrogens is 539 g/mol. The van der Waals surface area contributed by atoms with E-state index >= 15 is 0 Å². The Morgan fingerprint density at radius 1 is 1.18 bits per heavy atom. The Bertz CT molecular complexity index is 1440. The van der Waals surface area contributed by atoms with E-state index in [9.17, 15) is 28.0 Å². The van der Waals surface area contributed by atoms with E-state index < -0.39 is 23.7 Å². The molecule has 0 unspecified atom stereocenters. The number of pyridine rings is 1. The Hall–Kier alpha value is -4.30. The van der Waals surface area contributed by atoms with Gasteiger partial charge in [-0.15, -0.1) is 0 Å². The second-order valence-electron chi connectivity index (χ2n) is 8.34. The zero-order valence-corrected chi connectivity index (χ0v) is 21.6. The number of nitrogens with zero attached hydrogens (tertiary/aromatic N) is 2. The molecule has 1 heterocycles. The summed E-state index contributed by atoms with van der Waals surface area (Å²) in [4.78, 5) is 27.6. The van der Waals surface area contributed by atoms with E-state index in [1.165, 1.54) is 19.2 Å². The molecule has 0 aliphatic rings. The van der Waals surface area contributed by atoms with Gasteiger partial charge in [-0.05, 0) is 37.1 Å². The van der Waals surface area contributed by atoms with Crippen molar-refractivity contribution in [2.75, 3.05) is 13.7 Å². The molecule has 3 aromatic rings. The van der Waals surface area contributed by atoms with Crippen LogP contribution >= 0.6 is 11.6 Å². The Morgan fingerprint density at radius 3 is 2.56 bits per heavy atom. The van der Waals surface area contributed by atoms with Crippen LogP contribution in [-0.4, -0.2) is 35.7 Å². The maximum atomic E-state index is 13.3. The topological polar surface area (TPSA) is 122 Å². The summed E-state index contributed by atoms with van der Waals surface area (Å²) >= 11 is 6.41. The molecule has 3 rings (SSSR count). The molecule has 8 nitrogen and oxygen atoms in total. The molecule has 0 saturated heterocycles. The average Bonchev–Trinajstić information content (AvgIpc) is 2.89. The first kappa shape index (κ1) is 29.3. The largest absolute Gasteiger partial charge is 0.496 e. The van der Waals surface area contributed by atoms with Crippen LogP contribution < -0.4 is 14.8 Å². The highest BCUT2D eigenvalue weighted by Gasteiger charge is 2.33. The molecule has 39 heavy (non-hydrogen) atoms. The number of nitrogens with one attached hydrogen (secondary N) is 1. The van der Waals surface area contributed by atoms with E-state index in [1.807, 2.05) is 13.0 Å². The van der Waals surface area contributed by atoms with Gasteiger partial charge in [0.05, 0.1) is 35.9 Å². The maximum absolute atomic E-state index is 13.3. The number of hydrogen-bond donors (Lipinski definition) is 2. The summed E-state index contributed by atoms with van der Waals surface area (Å²) in [5.41, 5.74) is 0.0543. The van der Waals surface area contributed by atoms with Gasteiger partial charge in [0.25, 0.3) is 5.91 Å². The number of amides is 1. The normalized spacial score (nSPS) is 11.0. The molecule has 0 atom stereocenters. The lowest BCUT2D eigenvalue weighted by Crippen LogP contribution is -2.24. The summed E-state index contributed by atoms with van der Waals surface area (Å²) in [6.45, 7) is 1.89. The molecule has 0 aliphatic carbocycles. The number of aliphatic carboxylic acids is 1. The monoisotopic (exact) mass is 561 g/mol. The van der Waals surface area contributed by atoms with Crippen LogP contribution in [0.5, 0.6) is 11.5 Å². The number of carbonyl (C=O) groups excluding carboxylic acids is 1. The molecule has 0 fully saturated rings. The molecule has 1 amide bonds. The van der Waals surface area contributed by atoms with Gasteiger partial charge in [-0.1, -0.05) is 23.7 Å². The van der Waals surface area contributed by atoms with Crippen molar-refractivity contribution in [1.82, 2.24) is 10.3 Å². The number of carboxylic acid groups (broad SMARTS) is 1. The molecule has 204 valence electrons. The molecular formula is C27H23ClF3N3O5. The molecule has 0 aliphatic heterocycles. The number of aryl methyl sites for hydroxylation is 1. The molecule has 0 spiro atoms. The Labute approximate surface area is 227 Å². The average molecular weight is 562 g/mol. The lowest BCUT2D eigenvalue weighted by molar-refractivity contribution is -0.141. The standard InChI is InChI=1S/C27H23ClF3N3O5/c1-15-5-3-6-22(38-2)19(15)13-34-26(37)18-10-17(21(28)11-23(18)39-8-4-7-25(35)36)20-14-33-24(27(29,30)31)9-16(20)12-32/h3,5-6,9-11,14H,4,7-8,13H2,1-2H3,(H,34,37)(H,35,36). The van der Waals surface area contributed by atoms with Gasteiger partial charge in [-0.25, -0.2) is 0 Å². The minimum atomic E-state index is -4.76. The van der Waals surface area contributed by atoms with E-state index in [0.717, 1.165) is 17.3 Å². The van der Waals surface area contributed by atoms with Crippen molar-refractivity contribution < 1.29 is 37.3 Å². The van der Waals surface area contributed by atoms with Gasteiger partial charge in [-0.2, -0.15) is 18.4 Å². The quantitative estimate of drug-likeness (QED) is 0.301. The summed E-state index contributed by atoms with van der Waals surface area (Å²) in [5.74, 6) is -1.03. The Morgan fingerprint density at radius 2 is 1.92 bits per heavy atom. The molecule has 12 heteroatoms. The van der Waals surface area contributed by atoms with Crippen LogP contribution in [0.25, 0.3) is 11.1 Å². The molecule has 2 aromatic carbocycles. The molecule has 1 aromatic heterocycles. The van der Waals surface area contributed by atoms with E-state index in [0.29, 0.717) is 11.8 Å². The van der Waals surface area contributed by atoms with Gasteiger partial charge in [0.2, 0.25) is 0 Å². The summed E-state index contributed by atoms with van der Waals surface area (Å²) in [6, 6.07) is 10.3. The highest BCUT2D eigenvalue weighted by Crippen LogP contribution is 2.37. The number of halogens is 4. The third-order valence-electron chi connectivity index (χ3n) is 5.72. The van der Waals surface area contributed by atoms with Crippen LogP contribution in [-0.2, 0) is 17.5 Å². The number of benzene rings is 2. The molecule has 0 radical (unpaired) electrons. The van der Waals surface area contributed by atoms with E-state index in [1.54, 1.807) is 18.2 Å². The smallest absolute Gasteiger partial charge is 0.433 e. The zero-order valence-electron chi connectivity index (χ0n) is 20.9. The second kappa shape index (κ2) is 12.5. The zero-order chi connectivity index (χ0) is 28.7. The minimum Gasteiger partial charge on any atom is -0.496 e. The predicted molar refractivity (Wildman–Crippen MR) is 136 cm³/mol. The van der Waals surface area contributed by atoms with Gasteiger partial charge in [0.1, 0.15) is 17.2 Å². The number of rotatable bonds is 10. The minimum absolute atomic E-state index is 0.0115. The first-order valence-corrected chi connectivity index (χ1v) is 11.9.